The van der Waals surface area contributed by atoms with Crippen molar-refractivity contribution >= 4 is 60.8 Å². The van der Waals surface area contributed by atoms with Crippen molar-refractivity contribution in [3.63, 3.8) is 0 Å². The second-order valence-corrected chi connectivity index (χ2v) is 15.0. The summed E-state index contributed by atoms with van der Waals surface area (Å²) in [6, 6.07) is 43.8. The van der Waals surface area contributed by atoms with Gasteiger partial charge >= 0.3 is 0 Å². The van der Waals surface area contributed by atoms with Gasteiger partial charge in [-0.2, -0.15) is 0 Å². The molecule has 2 heteroatoms. The molecule has 1 aliphatic carbocycles. The van der Waals surface area contributed by atoms with Gasteiger partial charge in [-0.3, -0.25) is 0 Å². The molecule has 0 radical (unpaired) electrons. The zero-order chi connectivity index (χ0) is 36.3. The molecular formula is C50H48N2. The summed E-state index contributed by atoms with van der Waals surface area (Å²) in [7, 11) is 0. The number of fused-ring (bicyclic) bond motifs is 5. The Morgan fingerprint density at radius 2 is 0.846 bits per heavy atom. The van der Waals surface area contributed by atoms with E-state index in [-0.39, 0.29) is 6.04 Å². The van der Waals surface area contributed by atoms with Crippen LogP contribution in [-0.4, -0.2) is 6.04 Å². The molecule has 0 amide bonds. The van der Waals surface area contributed by atoms with E-state index in [2.05, 4.69) is 193 Å². The lowest BCUT2D eigenvalue weighted by molar-refractivity contribution is 0.772. The predicted molar refractivity (Wildman–Crippen MR) is 227 cm³/mol. The van der Waals surface area contributed by atoms with Crippen molar-refractivity contribution in [2.45, 2.75) is 67.9 Å². The van der Waals surface area contributed by atoms with Crippen molar-refractivity contribution in [1.82, 2.24) is 0 Å². The van der Waals surface area contributed by atoms with Gasteiger partial charge in [0.25, 0.3) is 0 Å². The summed E-state index contributed by atoms with van der Waals surface area (Å²) in [5.41, 5.74) is 16.5. The molecular weight excluding hydrogens is 629 g/mol. The van der Waals surface area contributed by atoms with E-state index in [4.69, 9.17) is 0 Å². The molecule has 0 fully saturated rings. The molecule has 1 unspecified atom stereocenters. The van der Waals surface area contributed by atoms with E-state index in [9.17, 15) is 0 Å². The summed E-state index contributed by atoms with van der Waals surface area (Å²) in [5.74, 6) is 0. The minimum absolute atomic E-state index is 0.197. The fourth-order valence-corrected chi connectivity index (χ4v) is 7.96. The summed E-state index contributed by atoms with van der Waals surface area (Å²) in [6.07, 6.45) is 5.84. The van der Waals surface area contributed by atoms with Gasteiger partial charge in [0.05, 0.1) is 17.4 Å². The highest BCUT2D eigenvalue weighted by atomic mass is 15.2. The fourth-order valence-electron chi connectivity index (χ4n) is 7.96. The Hall–Kier alpha value is -5.60. The first-order valence-corrected chi connectivity index (χ1v) is 18.6. The van der Waals surface area contributed by atoms with Crippen LogP contribution in [0.1, 0.15) is 53.6 Å². The average molecular weight is 677 g/mol. The quantitative estimate of drug-likeness (QED) is 0.162. The minimum Gasteiger partial charge on any atom is -0.334 e. The van der Waals surface area contributed by atoms with E-state index in [1.165, 1.54) is 105 Å². The van der Waals surface area contributed by atoms with E-state index >= 15 is 0 Å². The van der Waals surface area contributed by atoms with Crippen molar-refractivity contribution in [3.05, 3.63) is 172 Å². The van der Waals surface area contributed by atoms with Crippen LogP contribution in [0.25, 0.3) is 32.3 Å². The van der Waals surface area contributed by atoms with Crippen LogP contribution in [0.15, 0.2) is 139 Å². The first-order chi connectivity index (χ1) is 25.1. The van der Waals surface area contributed by atoms with Gasteiger partial charge in [0.2, 0.25) is 0 Å². The highest BCUT2D eigenvalue weighted by Crippen LogP contribution is 2.47. The highest BCUT2D eigenvalue weighted by Gasteiger charge is 2.26. The highest BCUT2D eigenvalue weighted by molar-refractivity contribution is 6.24. The Kier molecular flexibility index (Phi) is 8.50. The van der Waals surface area contributed by atoms with Gasteiger partial charge in [0.1, 0.15) is 0 Å². The molecule has 1 atom stereocenters. The summed E-state index contributed by atoms with van der Waals surface area (Å²) >= 11 is 0. The van der Waals surface area contributed by atoms with Crippen LogP contribution >= 0.6 is 0 Å². The van der Waals surface area contributed by atoms with Gasteiger partial charge in [-0.25, -0.2) is 0 Å². The van der Waals surface area contributed by atoms with Crippen molar-refractivity contribution in [2.75, 3.05) is 9.80 Å². The van der Waals surface area contributed by atoms with Crippen LogP contribution in [0, 0.1) is 41.5 Å². The molecule has 2 nitrogen and oxygen atoms in total. The number of nitrogens with zero attached hydrogens (tertiary/aromatic N) is 2. The smallest absolute Gasteiger partial charge is 0.0562 e. The zero-order valence-corrected chi connectivity index (χ0v) is 31.8. The van der Waals surface area contributed by atoms with Crippen LogP contribution < -0.4 is 9.80 Å². The SMILES string of the molecule is CC1=CCC(N(c2ccc(C)c(C)c2)c2cc3c4ccccc4c(N(c4ccc(C)c(C)c4)c4ccc(C)c(C)c4)cc3c3ccccc23)C=C1C. The largest absolute Gasteiger partial charge is 0.334 e. The number of anilines is 5. The van der Waals surface area contributed by atoms with Gasteiger partial charge in [0, 0.05) is 27.8 Å². The average Bonchev–Trinajstić information content (AvgIpc) is 3.14. The third-order valence-corrected chi connectivity index (χ3v) is 11.7. The van der Waals surface area contributed by atoms with Gasteiger partial charge in [-0.1, -0.05) is 90.0 Å². The molecule has 1 aliphatic rings. The molecule has 7 aromatic rings. The molecule has 0 aromatic heterocycles. The van der Waals surface area contributed by atoms with Crippen LogP contribution in [0.4, 0.5) is 28.4 Å². The maximum Gasteiger partial charge on any atom is 0.0562 e. The zero-order valence-electron chi connectivity index (χ0n) is 31.8. The Morgan fingerprint density at radius 3 is 1.35 bits per heavy atom. The molecule has 0 spiro atoms. The fraction of sp³-hybridized carbons (Fsp3) is 0.200. The third-order valence-electron chi connectivity index (χ3n) is 11.7. The first kappa shape index (κ1) is 33.5. The lowest BCUT2D eigenvalue weighted by Crippen LogP contribution is -2.31. The second-order valence-electron chi connectivity index (χ2n) is 15.0. The van der Waals surface area contributed by atoms with E-state index < -0.39 is 0 Å². The number of hydrogen-bond donors (Lipinski definition) is 0. The van der Waals surface area contributed by atoms with Gasteiger partial charge < -0.3 is 9.80 Å². The summed E-state index contributed by atoms with van der Waals surface area (Å²) in [6.45, 7) is 17.7. The maximum absolute atomic E-state index is 2.60. The molecule has 8 rings (SSSR count). The lowest BCUT2D eigenvalue weighted by atomic mass is 9.91. The minimum atomic E-state index is 0.197. The number of allylic oxidation sites excluding steroid dienone is 2. The normalized spacial score (nSPS) is 14.5. The van der Waals surface area contributed by atoms with Crippen molar-refractivity contribution < 1.29 is 0 Å². The molecule has 0 saturated heterocycles. The molecule has 258 valence electrons. The van der Waals surface area contributed by atoms with Gasteiger partial charge in [0.15, 0.2) is 0 Å². The number of benzene rings is 7. The Labute approximate surface area is 309 Å². The first-order valence-electron chi connectivity index (χ1n) is 18.6. The Morgan fingerprint density at radius 1 is 0.404 bits per heavy atom. The summed E-state index contributed by atoms with van der Waals surface area (Å²) in [5, 5.41) is 7.54. The van der Waals surface area contributed by atoms with E-state index in [1.807, 2.05) is 0 Å². The molecule has 0 N–H and O–H groups in total. The van der Waals surface area contributed by atoms with Gasteiger partial charge in [-0.15, -0.1) is 0 Å². The maximum atomic E-state index is 2.60. The molecule has 0 aliphatic heterocycles. The third kappa shape index (κ3) is 5.77. The van der Waals surface area contributed by atoms with Gasteiger partial charge in [-0.05, 0) is 165 Å². The molecule has 7 aromatic carbocycles. The number of hydrogen-bond acceptors (Lipinski definition) is 2. The number of aryl methyl sites for hydroxylation is 6. The molecule has 0 heterocycles. The Balaban J connectivity index is 1.45. The van der Waals surface area contributed by atoms with Crippen molar-refractivity contribution in [2.24, 2.45) is 0 Å². The standard InChI is InChI=1S/C50H48N2/c1-31-17-21-39(25-35(31)5)51(40-22-18-32(2)36(6)26-40)49-29-47-44-14-10-12-16-46(44)50(30-48(47)43-13-9-11-15-45(43)49)52(41-23-19-33(3)37(7)27-41)42-24-20-34(4)38(8)28-42/h9-23,25-30,42H,24H2,1-8H3. The topological polar surface area (TPSA) is 6.48 Å². The lowest BCUT2D eigenvalue weighted by Gasteiger charge is -2.35. The summed E-state index contributed by atoms with van der Waals surface area (Å²) in [4.78, 5) is 5.06. The van der Waals surface area contributed by atoms with Crippen LogP contribution in [0.3, 0.4) is 0 Å². The van der Waals surface area contributed by atoms with Crippen molar-refractivity contribution in [1.29, 1.82) is 0 Å². The Bertz CT molecular complexity index is 2550. The number of rotatable bonds is 6. The van der Waals surface area contributed by atoms with Crippen LogP contribution in [-0.2, 0) is 0 Å². The second kappa shape index (κ2) is 13.2. The molecule has 52 heavy (non-hydrogen) atoms. The summed E-state index contributed by atoms with van der Waals surface area (Å²) < 4.78 is 0. The van der Waals surface area contributed by atoms with E-state index in [1.54, 1.807) is 0 Å². The van der Waals surface area contributed by atoms with Crippen LogP contribution in [0.5, 0.6) is 0 Å². The predicted octanol–water partition coefficient (Wildman–Crippen LogP) is 14.3. The van der Waals surface area contributed by atoms with E-state index in [0.717, 1.165) is 6.42 Å². The monoisotopic (exact) mass is 676 g/mol. The van der Waals surface area contributed by atoms with Crippen molar-refractivity contribution in [3.8, 4) is 0 Å². The van der Waals surface area contributed by atoms with Crippen LogP contribution in [0.2, 0.25) is 0 Å². The molecule has 0 bridgehead atoms. The molecule has 0 saturated carbocycles. The van der Waals surface area contributed by atoms with E-state index in [0.29, 0.717) is 0 Å².